The van der Waals surface area contributed by atoms with Crippen LogP contribution in [-0.4, -0.2) is 23.9 Å². The fourth-order valence-electron chi connectivity index (χ4n) is 4.50. The third-order valence-electron chi connectivity index (χ3n) is 6.54. The molecule has 0 fully saturated rings. The van der Waals surface area contributed by atoms with E-state index in [9.17, 15) is 4.39 Å². The van der Waals surface area contributed by atoms with E-state index in [1.807, 2.05) is 0 Å². The molecule has 0 aromatic heterocycles. The van der Waals surface area contributed by atoms with E-state index in [0.29, 0.717) is 0 Å². The van der Waals surface area contributed by atoms with Crippen molar-refractivity contribution in [3.8, 4) is 0 Å². The maximum atomic E-state index is 16.9. The summed E-state index contributed by atoms with van der Waals surface area (Å²) < 4.78 is 96.1. The van der Waals surface area contributed by atoms with Crippen molar-refractivity contribution < 1.29 is 26.7 Å². The van der Waals surface area contributed by atoms with Gasteiger partial charge in [0.2, 0.25) is 0 Å². The Morgan fingerprint density at radius 2 is 0.900 bits per heavy atom. The number of para-hydroxylation sites is 4. The number of hydrogen-bond acceptors (Lipinski definition) is 4. The minimum absolute atomic E-state index is 0.0563. The summed E-state index contributed by atoms with van der Waals surface area (Å²) in [7, 11) is 0. The molecule has 0 amide bonds. The predicted molar refractivity (Wildman–Crippen MR) is 146 cm³/mol. The lowest BCUT2D eigenvalue weighted by Gasteiger charge is -2.46. The highest BCUT2D eigenvalue weighted by atomic mass is 19.2. The average molecular weight is 558 g/mol. The van der Waals surface area contributed by atoms with Crippen molar-refractivity contribution in [1.29, 1.82) is 0 Å². The lowest BCUT2D eigenvalue weighted by atomic mass is 9.90. The Hall–Kier alpha value is -4.34. The Morgan fingerprint density at radius 3 is 1.30 bits per heavy atom. The minimum atomic E-state index is -3.96. The zero-order chi connectivity index (χ0) is 28.7. The SMILES string of the molecule is CC(C(C(N(F)c1ccccc1)C(F)([CH]F)N(F)c1ccccc1)N(F)c1ccccc1)N(F)c1ccccc1. The largest absolute Gasteiger partial charge is 0.269 e. The van der Waals surface area contributed by atoms with Crippen LogP contribution in [0.15, 0.2) is 121 Å². The van der Waals surface area contributed by atoms with Gasteiger partial charge in [0.15, 0.2) is 6.67 Å². The van der Waals surface area contributed by atoms with Gasteiger partial charge in [-0.1, -0.05) is 90.7 Å². The number of halogens is 6. The van der Waals surface area contributed by atoms with E-state index in [0.717, 1.165) is 12.1 Å². The van der Waals surface area contributed by atoms with Crippen LogP contribution in [0.4, 0.5) is 49.5 Å². The van der Waals surface area contributed by atoms with E-state index >= 15 is 22.3 Å². The summed E-state index contributed by atoms with van der Waals surface area (Å²) >= 11 is 0. The van der Waals surface area contributed by atoms with Crippen molar-refractivity contribution in [2.75, 3.05) is 20.5 Å². The molecule has 209 valence electrons. The average Bonchev–Trinajstić information content (AvgIpc) is 3.03. The first-order chi connectivity index (χ1) is 19.3. The highest BCUT2D eigenvalue weighted by Gasteiger charge is 2.58. The smallest absolute Gasteiger partial charge is 0.238 e. The van der Waals surface area contributed by atoms with Crippen molar-refractivity contribution in [3.05, 3.63) is 128 Å². The van der Waals surface area contributed by atoms with Crippen molar-refractivity contribution in [2.24, 2.45) is 0 Å². The highest BCUT2D eigenvalue weighted by molar-refractivity contribution is 5.54. The van der Waals surface area contributed by atoms with Gasteiger partial charge in [0.25, 0.3) is 5.79 Å². The summed E-state index contributed by atoms with van der Waals surface area (Å²) in [6.45, 7) is 0.479. The van der Waals surface area contributed by atoms with Crippen molar-refractivity contribution in [3.63, 3.8) is 0 Å². The number of anilines is 4. The monoisotopic (exact) mass is 557 g/mol. The molecular formula is C30H27F6N4. The molecule has 4 atom stereocenters. The molecule has 0 saturated heterocycles. The second-order valence-corrected chi connectivity index (χ2v) is 9.07. The molecule has 4 aromatic carbocycles. The molecule has 4 nitrogen and oxygen atoms in total. The van der Waals surface area contributed by atoms with Gasteiger partial charge in [-0.15, -0.1) is 0 Å². The second kappa shape index (κ2) is 12.7. The normalized spacial score (nSPS) is 14.9. The molecule has 0 saturated carbocycles. The Bertz CT molecular complexity index is 1310. The first kappa shape index (κ1) is 28.7. The molecule has 0 aliphatic heterocycles. The molecule has 0 aliphatic carbocycles. The molecule has 4 unspecified atom stereocenters. The van der Waals surface area contributed by atoms with E-state index in [4.69, 9.17) is 0 Å². The van der Waals surface area contributed by atoms with Crippen LogP contribution >= 0.6 is 0 Å². The van der Waals surface area contributed by atoms with Gasteiger partial charge in [0, 0.05) is 0 Å². The fourth-order valence-corrected chi connectivity index (χ4v) is 4.50. The predicted octanol–water partition coefficient (Wildman–Crippen LogP) is 8.47. The first-order valence-corrected chi connectivity index (χ1v) is 12.4. The van der Waals surface area contributed by atoms with Crippen LogP contribution in [0.2, 0.25) is 0 Å². The molecule has 0 N–H and O–H groups in total. The third kappa shape index (κ3) is 5.80. The van der Waals surface area contributed by atoms with Gasteiger partial charge in [0.1, 0.15) is 12.1 Å². The summed E-state index contributed by atoms with van der Waals surface area (Å²) in [4.78, 5) is 0. The van der Waals surface area contributed by atoms with Crippen LogP contribution in [-0.2, 0) is 0 Å². The molecule has 0 bridgehead atoms. The van der Waals surface area contributed by atoms with E-state index in [2.05, 4.69) is 0 Å². The Morgan fingerprint density at radius 1 is 0.550 bits per heavy atom. The zero-order valence-electron chi connectivity index (χ0n) is 21.4. The number of hydrogen-bond donors (Lipinski definition) is 0. The summed E-state index contributed by atoms with van der Waals surface area (Å²) in [6.07, 6.45) is 0. The Kier molecular flexibility index (Phi) is 9.08. The van der Waals surface area contributed by atoms with Crippen LogP contribution in [0.3, 0.4) is 0 Å². The van der Waals surface area contributed by atoms with Crippen molar-refractivity contribution >= 4 is 22.7 Å². The molecule has 4 aromatic rings. The number of nitrogens with zero attached hydrogens (tertiary/aromatic N) is 4. The molecular weight excluding hydrogens is 530 g/mol. The number of alkyl halides is 1. The van der Waals surface area contributed by atoms with E-state index < -0.39 is 41.4 Å². The second-order valence-electron chi connectivity index (χ2n) is 9.07. The number of rotatable bonds is 12. The molecule has 40 heavy (non-hydrogen) atoms. The maximum Gasteiger partial charge on any atom is 0.269 e. The number of benzene rings is 4. The minimum Gasteiger partial charge on any atom is -0.238 e. The van der Waals surface area contributed by atoms with Gasteiger partial charge in [-0.2, -0.15) is 5.12 Å². The van der Waals surface area contributed by atoms with Crippen molar-refractivity contribution in [2.45, 2.75) is 30.8 Å². The van der Waals surface area contributed by atoms with Gasteiger partial charge < -0.3 is 0 Å². The van der Waals surface area contributed by atoms with Gasteiger partial charge in [0.05, 0.1) is 28.8 Å². The van der Waals surface area contributed by atoms with Gasteiger partial charge >= 0.3 is 0 Å². The molecule has 0 spiro atoms. The maximum absolute atomic E-state index is 16.9. The highest BCUT2D eigenvalue weighted by Crippen LogP contribution is 2.42. The van der Waals surface area contributed by atoms with Gasteiger partial charge in [-0.25, -0.2) is 24.1 Å². The summed E-state index contributed by atoms with van der Waals surface area (Å²) in [5, 5.41) is -0.870. The Balaban J connectivity index is 1.92. The summed E-state index contributed by atoms with van der Waals surface area (Å²) in [5.74, 6) is -3.96. The van der Waals surface area contributed by atoms with Crippen LogP contribution < -0.4 is 20.5 Å². The van der Waals surface area contributed by atoms with Crippen LogP contribution in [0.5, 0.6) is 0 Å². The van der Waals surface area contributed by atoms with Gasteiger partial charge in [-0.3, -0.25) is 0 Å². The molecule has 4 rings (SSSR count). The van der Waals surface area contributed by atoms with E-state index in [1.54, 1.807) is 18.2 Å². The third-order valence-corrected chi connectivity index (χ3v) is 6.54. The zero-order valence-corrected chi connectivity index (χ0v) is 21.4. The molecule has 10 heteroatoms. The van der Waals surface area contributed by atoms with Crippen LogP contribution in [0.1, 0.15) is 6.92 Å². The lowest BCUT2D eigenvalue weighted by molar-refractivity contribution is 0.0277. The first-order valence-electron chi connectivity index (χ1n) is 12.4. The standard InChI is InChI=1S/C30H27F6N4/c1-23(37(33)24-14-6-2-7-15-24)28(38(34)25-16-8-3-9-17-25)29(39(35)26-18-10-4-11-19-26)30(32,22-31)40(36)27-20-12-5-13-21-27/h2-23,28-29H,1H3. The topological polar surface area (TPSA) is 13.0 Å². The molecule has 0 aliphatic rings. The summed E-state index contributed by atoms with van der Waals surface area (Å²) in [6, 6.07) is 21.3. The summed E-state index contributed by atoms with van der Waals surface area (Å²) in [5.41, 5.74) is -1.07. The molecule has 1 radical (unpaired) electrons. The fraction of sp³-hybridized carbons (Fsp3) is 0.167. The Labute approximate surface area is 229 Å². The lowest BCUT2D eigenvalue weighted by Crippen LogP contribution is -2.67. The van der Waals surface area contributed by atoms with Crippen LogP contribution in [0.25, 0.3) is 0 Å². The van der Waals surface area contributed by atoms with Gasteiger partial charge in [-0.05, 0) is 55.5 Å². The van der Waals surface area contributed by atoms with Crippen molar-refractivity contribution in [1.82, 2.24) is 0 Å². The quantitative estimate of drug-likeness (QED) is 0.0984. The molecule has 0 heterocycles. The van der Waals surface area contributed by atoms with E-state index in [1.165, 1.54) is 97.9 Å². The van der Waals surface area contributed by atoms with Crippen LogP contribution in [0, 0.1) is 6.67 Å². The van der Waals surface area contributed by atoms with E-state index in [-0.39, 0.29) is 32.4 Å².